The monoisotopic (exact) mass is 580 g/mol. The zero-order valence-corrected chi connectivity index (χ0v) is 24.5. The third-order valence-electron chi connectivity index (χ3n) is 13.7. The number of rotatable bonds is 2. The number of hydrogen-bond acceptors (Lipinski definition) is 9. The molecule has 2 bridgehead atoms. The molecule has 9 nitrogen and oxygen atoms in total. The van der Waals surface area contributed by atoms with Gasteiger partial charge in [0.1, 0.15) is 24.4 Å². The Balaban J connectivity index is 1.36. The fourth-order valence-corrected chi connectivity index (χ4v) is 12.9. The number of aliphatic hydroxyl groups is 1. The van der Waals surface area contributed by atoms with Crippen LogP contribution in [0.3, 0.4) is 0 Å². The van der Waals surface area contributed by atoms with Gasteiger partial charge in [-0.3, -0.25) is 9.59 Å². The largest absolute Gasteiger partial charge is 0.472 e. The number of esters is 2. The molecular weight excluding hydrogens is 540 g/mol. The molecule has 9 heteroatoms. The van der Waals surface area contributed by atoms with Crippen molar-refractivity contribution < 1.29 is 42.9 Å². The summed E-state index contributed by atoms with van der Waals surface area (Å²) in [6.07, 6.45) is 6.73. The Kier molecular flexibility index (Phi) is 4.92. The van der Waals surface area contributed by atoms with Crippen LogP contribution in [0.4, 0.5) is 0 Å². The number of ketones is 1. The van der Waals surface area contributed by atoms with Gasteiger partial charge in [-0.25, -0.2) is 4.79 Å². The first-order chi connectivity index (χ1) is 20.1. The van der Waals surface area contributed by atoms with Crippen LogP contribution in [0.15, 0.2) is 23.0 Å². The lowest BCUT2D eigenvalue weighted by molar-refractivity contribution is -0.289. The van der Waals surface area contributed by atoms with Crippen molar-refractivity contribution >= 4 is 17.7 Å². The first-order valence-electron chi connectivity index (χ1n) is 16.0. The van der Waals surface area contributed by atoms with Crippen molar-refractivity contribution in [1.29, 1.82) is 0 Å². The molecule has 1 aromatic heterocycles. The number of carbonyl (C=O) groups excluding carboxylic acids is 3. The lowest BCUT2D eigenvalue weighted by Crippen LogP contribution is -2.80. The van der Waals surface area contributed by atoms with Crippen molar-refractivity contribution in [2.45, 2.75) is 108 Å². The second-order valence-electron chi connectivity index (χ2n) is 15.5. The van der Waals surface area contributed by atoms with Crippen LogP contribution >= 0.6 is 0 Å². The third kappa shape index (κ3) is 2.58. The Labute approximate surface area is 244 Å². The summed E-state index contributed by atoms with van der Waals surface area (Å²) in [5.74, 6) is -2.23. The van der Waals surface area contributed by atoms with Crippen molar-refractivity contribution in [2.24, 2.45) is 45.8 Å². The zero-order valence-electron chi connectivity index (χ0n) is 24.5. The predicted octanol–water partition coefficient (Wildman–Crippen LogP) is 3.91. The van der Waals surface area contributed by atoms with E-state index in [9.17, 15) is 19.5 Å². The number of Topliss-reactive ketones (excluding diaryl/α,β-unsaturated/α-hetero) is 1. The second kappa shape index (κ2) is 7.88. The average molecular weight is 581 g/mol. The van der Waals surface area contributed by atoms with E-state index in [4.69, 9.17) is 23.4 Å². The fraction of sp³-hybridized carbons (Fsp3) is 0.788. The number of carbonyl (C=O) groups is 3. The molecule has 8 aliphatic rings. The lowest BCUT2D eigenvalue weighted by atomic mass is 9.31. The topological polar surface area (TPSA) is 125 Å². The van der Waals surface area contributed by atoms with Crippen LogP contribution in [0.2, 0.25) is 0 Å². The summed E-state index contributed by atoms with van der Waals surface area (Å²) < 4.78 is 31.3. The fourth-order valence-electron chi connectivity index (χ4n) is 12.9. The van der Waals surface area contributed by atoms with Crippen LogP contribution in [0.5, 0.6) is 0 Å². The first-order valence-corrected chi connectivity index (χ1v) is 16.0. The number of epoxide rings is 1. The van der Waals surface area contributed by atoms with Crippen molar-refractivity contribution in [3.05, 3.63) is 24.2 Å². The first kappa shape index (κ1) is 26.2. The minimum absolute atomic E-state index is 0.0351. The highest BCUT2D eigenvalue weighted by atomic mass is 16.7. The van der Waals surface area contributed by atoms with E-state index in [0.29, 0.717) is 12.8 Å². The van der Waals surface area contributed by atoms with Crippen molar-refractivity contribution in [2.75, 3.05) is 6.61 Å². The van der Waals surface area contributed by atoms with Gasteiger partial charge in [0.2, 0.25) is 0 Å². The summed E-state index contributed by atoms with van der Waals surface area (Å²) >= 11 is 0. The molecule has 226 valence electrons. The molecule has 8 fully saturated rings. The van der Waals surface area contributed by atoms with E-state index in [1.807, 2.05) is 19.9 Å². The van der Waals surface area contributed by atoms with E-state index in [1.165, 1.54) is 0 Å². The van der Waals surface area contributed by atoms with Crippen LogP contribution in [0.25, 0.3) is 0 Å². The van der Waals surface area contributed by atoms with Crippen LogP contribution in [0.1, 0.15) is 83.8 Å². The second-order valence-corrected chi connectivity index (χ2v) is 15.5. The summed E-state index contributed by atoms with van der Waals surface area (Å²) in [6.45, 7) is 6.11. The Morgan fingerprint density at radius 3 is 2.45 bits per heavy atom. The van der Waals surface area contributed by atoms with E-state index >= 15 is 0 Å². The van der Waals surface area contributed by atoms with Crippen LogP contribution in [-0.2, 0) is 33.3 Å². The number of aliphatic hydroxyl groups excluding tert-OH is 1. The molecule has 4 saturated heterocycles. The molecule has 4 saturated carbocycles. The van der Waals surface area contributed by atoms with Crippen LogP contribution in [-0.4, -0.2) is 58.9 Å². The van der Waals surface area contributed by atoms with Crippen molar-refractivity contribution in [3.63, 3.8) is 0 Å². The van der Waals surface area contributed by atoms with Gasteiger partial charge in [0.15, 0.2) is 11.9 Å². The molecule has 42 heavy (non-hydrogen) atoms. The Morgan fingerprint density at radius 1 is 0.929 bits per heavy atom. The molecule has 2 spiro atoms. The molecule has 0 aromatic carbocycles. The Morgan fingerprint density at radius 2 is 1.71 bits per heavy atom. The molecule has 12 atom stereocenters. The molecular formula is C33H40O9. The zero-order chi connectivity index (χ0) is 29.0. The summed E-state index contributed by atoms with van der Waals surface area (Å²) in [5.41, 5.74) is -3.79. The van der Waals surface area contributed by atoms with E-state index in [2.05, 4.69) is 6.92 Å². The van der Waals surface area contributed by atoms with Crippen molar-refractivity contribution in [1.82, 2.24) is 0 Å². The van der Waals surface area contributed by atoms with Crippen LogP contribution in [0, 0.1) is 45.8 Å². The third-order valence-corrected chi connectivity index (χ3v) is 13.7. The van der Waals surface area contributed by atoms with E-state index in [-0.39, 0.29) is 36.1 Å². The standard InChI is InChI=1S/C33H40O9/c1-29(2)22-20(34)23(35)32(18-7-5-4-6-8-18)21-16(9-10-19-25(41-29)31(21,22)15-39-27(19)36)13-30(3)24(17-11-12-38-14-17)40-28(37)26-33(30,32)42-26/h11-12,14,16,18-19,21-26,35H,4-10,13,15H2,1-3H3/t16-,19+,21-,22-,23-,24+,25+,26-,30+,31-,32+,33-/m1/s1. The average Bonchev–Trinajstić information content (AvgIpc) is 3.43. The van der Waals surface area contributed by atoms with Gasteiger partial charge in [0.25, 0.3) is 0 Å². The molecule has 9 rings (SSSR count). The highest BCUT2D eigenvalue weighted by molar-refractivity contribution is 5.92. The van der Waals surface area contributed by atoms with Gasteiger partial charge < -0.3 is 28.5 Å². The summed E-state index contributed by atoms with van der Waals surface area (Å²) in [5, 5.41) is 12.8. The van der Waals surface area contributed by atoms with Crippen LogP contribution < -0.4 is 0 Å². The quantitative estimate of drug-likeness (QED) is 0.409. The highest BCUT2D eigenvalue weighted by Crippen LogP contribution is 2.84. The van der Waals surface area contributed by atoms with Gasteiger partial charge in [-0.05, 0) is 69.8 Å². The van der Waals surface area contributed by atoms with E-state index < -0.39 is 69.7 Å². The maximum absolute atomic E-state index is 15.0. The van der Waals surface area contributed by atoms with Crippen molar-refractivity contribution in [3.8, 4) is 0 Å². The maximum Gasteiger partial charge on any atom is 0.339 e. The van der Waals surface area contributed by atoms with E-state index in [0.717, 1.165) is 44.1 Å². The molecule has 0 amide bonds. The van der Waals surface area contributed by atoms with Gasteiger partial charge in [-0.2, -0.15) is 0 Å². The molecule has 0 unspecified atom stereocenters. The SMILES string of the molecule is CC1(C)O[C@H]2[C@@H]3CC[C@@H]4C[C@@]5(C)[C@H](c6ccoc6)OC(=O)[C@H]6O[C@]65[C@]5(C6CCCCC6)[C@H](O)C(=O)[C@H]1[C@@]2(COC3=O)[C@@H]45. The van der Waals surface area contributed by atoms with Gasteiger partial charge in [0, 0.05) is 21.8 Å². The molecule has 1 N–H and O–H groups in total. The highest BCUT2D eigenvalue weighted by Gasteiger charge is 2.94. The molecule has 4 aliphatic carbocycles. The molecule has 5 heterocycles. The van der Waals surface area contributed by atoms with Gasteiger partial charge in [0.05, 0.1) is 36.1 Å². The Bertz CT molecular complexity index is 1380. The number of ether oxygens (including phenoxy) is 4. The lowest BCUT2D eigenvalue weighted by Gasteiger charge is -2.71. The maximum atomic E-state index is 15.0. The molecule has 0 radical (unpaired) electrons. The smallest absolute Gasteiger partial charge is 0.339 e. The minimum Gasteiger partial charge on any atom is -0.472 e. The molecule has 4 aliphatic heterocycles. The Hall–Kier alpha value is -2.23. The van der Waals surface area contributed by atoms with Gasteiger partial charge >= 0.3 is 11.9 Å². The predicted molar refractivity (Wildman–Crippen MR) is 143 cm³/mol. The van der Waals surface area contributed by atoms with Gasteiger partial charge in [-0.1, -0.05) is 26.2 Å². The number of cyclic esters (lactones) is 2. The summed E-state index contributed by atoms with van der Waals surface area (Å²) in [4.78, 5) is 42.1. The molecule has 1 aromatic rings. The summed E-state index contributed by atoms with van der Waals surface area (Å²) in [6, 6.07) is 1.84. The summed E-state index contributed by atoms with van der Waals surface area (Å²) in [7, 11) is 0. The van der Waals surface area contributed by atoms with Gasteiger partial charge in [-0.15, -0.1) is 0 Å². The number of hydrogen-bond donors (Lipinski definition) is 1. The number of furan rings is 1. The minimum atomic E-state index is -1.33. The van der Waals surface area contributed by atoms with E-state index in [1.54, 1.807) is 12.5 Å². The normalized spacial score (nSPS) is 53.7.